The summed E-state index contributed by atoms with van der Waals surface area (Å²) in [5.74, 6) is 1.31. The molecule has 5 nitrogen and oxygen atoms in total. The van der Waals surface area contributed by atoms with Gasteiger partial charge in [0.05, 0.1) is 23.0 Å². The number of anilines is 1. The molecule has 0 aliphatic carbocycles. The number of rotatable bonds is 5. The van der Waals surface area contributed by atoms with Crippen LogP contribution in [0.5, 0.6) is 5.75 Å². The maximum atomic E-state index is 14.3. The standard InChI is InChI=1S/C25H23FN4O/c1-16(2)31-21-12-18(11-20(26)13-21)24-25(28-10-9-27-24)19-14-30(15-19)23-8-7-17-5-3-4-6-22(17)29-23/h3-13,16,19H,14-15H2,1-2H3. The summed E-state index contributed by atoms with van der Waals surface area (Å²) >= 11 is 0. The van der Waals surface area contributed by atoms with E-state index < -0.39 is 0 Å². The Labute approximate surface area is 180 Å². The maximum Gasteiger partial charge on any atom is 0.129 e. The van der Waals surface area contributed by atoms with Gasteiger partial charge >= 0.3 is 0 Å². The minimum absolute atomic E-state index is 0.0365. The predicted octanol–water partition coefficient (Wildman–Crippen LogP) is 5.22. The SMILES string of the molecule is CC(C)Oc1cc(F)cc(-c2nccnc2C2CN(c3ccc4ccccc4n3)C2)c1. The predicted molar refractivity (Wildman–Crippen MR) is 120 cm³/mol. The first-order valence-electron chi connectivity index (χ1n) is 10.5. The lowest BCUT2D eigenvalue weighted by Crippen LogP contribution is -2.46. The summed E-state index contributed by atoms with van der Waals surface area (Å²) in [6.45, 7) is 5.42. The van der Waals surface area contributed by atoms with Gasteiger partial charge in [-0.05, 0) is 44.2 Å². The highest BCUT2D eigenvalue weighted by Gasteiger charge is 2.32. The van der Waals surface area contributed by atoms with Gasteiger partial charge in [0.2, 0.25) is 0 Å². The summed E-state index contributed by atoms with van der Waals surface area (Å²) in [5.41, 5.74) is 3.24. The highest BCUT2D eigenvalue weighted by molar-refractivity contribution is 5.80. The van der Waals surface area contributed by atoms with Crippen molar-refractivity contribution in [2.24, 2.45) is 0 Å². The monoisotopic (exact) mass is 414 g/mol. The lowest BCUT2D eigenvalue weighted by molar-refractivity contribution is 0.241. The number of para-hydroxylation sites is 1. The molecule has 0 saturated carbocycles. The molecule has 0 amide bonds. The summed E-state index contributed by atoms with van der Waals surface area (Å²) in [7, 11) is 0. The van der Waals surface area contributed by atoms with Crippen molar-refractivity contribution in [2.45, 2.75) is 25.9 Å². The van der Waals surface area contributed by atoms with Crippen molar-refractivity contribution < 1.29 is 9.13 Å². The Kier molecular flexibility index (Phi) is 4.98. The van der Waals surface area contributed by atoms with E-state index >= 15 is 0 Å². The molecule has 2 aromatic heterocycles. The average Bonchev–Trinajstić information content (AvgIpc) is 2.72. The largest absolute Gasteiger partial charge is 0.491 e. The van der Waals surface area contributed by atoms with Gasteiger partial charge in [0.1, 0.15) is 17.4 Å². The van der Waals surface area contributed by atoms with Crippen LogP contribution >= 0.6 is 0 Å². The lowest BCUT2D eigenvalue weighted by atomic mass is 9.92. The molecular weight excluding hydrogens is 391 g/mol. The number of halogens is 1. The van der Waals surface area contributed by atoms with Crippen molar-refractivity contribution in [3.05, 3.63) is 78.5 Å². The van der Waals surface area contributed by atoms with Crippen LogP contribution < -0.4 is 9.64 Å². The van der Waals surface area contributed by atoms with E-state index in [0.717, 1.165) is 35.5 Å². The van der Waals surface area contributed by atoms with Crippen molar-refractivity contribution in [2.75, 3.05) is 18.0 Å². The van der Waals surface area contributed by atoms with Gasteiger partial charge in [0, 0.05) is 48.4 Å². The van der Waals surface area contributed by atoms with Crippen molar-refractivity contribution in [1.82, 2.24) is 15.0 Å². The zero-order chi connectivity index (χ0) is 21.4. The Hall–Kier alpha value is -3.54. The third kappa shape index (κ3) is 3.93. The van der Waals surface area contributed by atoms with Gasteiger partial charge in [-0.2, -0.15) is 0 Å². The van der Waals surface area contributed by atoms with Crippen molar-refractivity contribution >= 4 is 16.7 Å². The molecule has 156 valence electrons. The van der Waals surface area contributed by atoms with Gasteiger partial charge in [0.15, 0.2) is 0 Å². The first-order chi connectivity index (χ1) is 15.1. The smallest absolute Gasteiger partial charge is 0.129 e. The Morgan fingerprint density at radius 1 is 1.00 bits per heavy atom. The number of hydrogen-bond donors (Lipinski definition) is 0. The number of hydrogen-bond acceptors (Lipinski definition) is 5. The minimum Gasteiger partial charge on any atom is -0.491 e. The molecular formula is C25H23FN4O. The molecule has 0 bridgehead atoms. The molecule has 2 aromatic carbocycles. The third-order valence-corrected chi connectivity index (χ3v) is 5.42. The second-order valence-corrected chi connectivity index (χ2v) is 8.10. The fraction of sp³-hybridized carbons (Fsp3) is 0.240. The fourth-order valence-corrected chi connectivity index (χ4v) is 3.98. The van der Waals surface area contributed by atoms with Crippen LogP contribution in [0.1, 0.15) is 25.5 Å². The Morgan fingerprint density at radius 3 is 2.65 bits per heavy atom. The first kappa shape index (κ1) is 19.4. The highest BCUT2D eigenvalue weighted by Crippen LogP contribution is 2.35. The normalized spacial score (nSPS) is 14.1. The van der Waals surface area contributed by atoms with E-state index in [2.05, 4.69) is 33.1 Å². The number of benzene rings is 2. The first-order valence-corrected chi connectivity index (χ1v) is 10.5. The summed E-state index contributed by atoms with van der Waals surface area (Å²) in [6.07, 6.45) is 3.31. The van der Waals surface area contributed by atoms with E-state index in [0.29, 0.717) is 17.0 Å². The number of pyridine rings is 1. The Bertz CT molecular complexity index is 1240. The zero-order valence-corrected chi connectivity index (χ0v) is 17.5. The van der Waals surface area contributed by atoms with Crippen molar-refractivity contribution in [3.63, 3.8) is 0 Å². The number of ether oxygens (including phenoxy) is 1. The highest BCUT2D eigenvalue weighted by atomic mass is 19.1. The van der Waals surface area contributed by atoms with Crippen LogP contribution in [0.2, 0.25) is 0 Å². The Balaban J connectivity index is 1.40. The van der Waals surface area contributed by atoms with Crippen LogP contribution in [0.15, 0.2) is 67.0 Å². The topological polar surface area (TPSA) is 51.1 Å². The molecule has 0 radical (unpaired) electrons. The van der Waals surface area contributed by atoms with Crippen LogP contribution in [0.25, 0.3) is 22.2 Å². The molecule has 0 spiro atoms. The van der Waals surface area contributed by atoms with Gasteiger partial charge in [-0.15, -0.1) is 0 Å². The van der Waals surface area contributed by atoms with Crippen molar-refractivity contribution in [1.29, 1.82) is 0 Å². The van der Waals surface area contributed by atoms with Gasteiger partial charge in [0.25, 0.3) is 0 Å². The van der Waals surface area contributed by atoms with Crippen LogP contribution in [-0.4, -0.2) is 34.1 Å². The number of aromatic nitrogens is 3. The van der Waals surface area contributed by atoms with E-state index in [1.165, 1.54) is 12.1 Å². The van der Waals surface area contributed by atoms with Crippen LogP contribution in [0, 0.1) is 5.82 Å². The van der Waals surface area contributed by atoms with Gasteiger partial charge in [-0.25, -0.2) is 9.37 Å². The van der Waals surface area contributed by atoms with E-state index in [-0.39, 0.29) is 17.8 Å². The van der Waals surface area contributed by atoms with E-state index in [1.807, 2.05) is 38.1 Å². The zero-order valence-electron chi connectivity index (χ0n) is 17.5. The molecule has 3 heterocycles. The quantitative estimate of drug-likeness (QED) is 0.448. The molecule has 0 atom stereocenters. The molecule has 1 saturated heterocycles. The molecule has 0 unspecified atom stereocenters. The average molecular weight is 414 g/mol. The van der Waals surface area contributed by atoms with E-state index in [9.17, 15) is 4.39 Å². The van der Waals surface area contributed by atoms with Gasteiger partial charge < -0.3 is 9.64 Å². The van der Waals surface area contributed by atoms with Crippen LogP contribution in [-0.2, 0) is 0 Å². The summed E-state index contributed by atoms with van der Waals surface area (Å²) in [5, 5.41) is 1.13. The fourth-order valence-electron chi connectivity index (χ4n) is 3.98. The summed E-state index contributed by atoms with van der Waals surface area (Å²) < 4.78 is 20.0. The number of fused-ring (bicyclic) bond motifs is 1. The molecule has 1 aliphatic heterocycles. The molecule has 0 N–H and O–H groups in total. The second-order valence-electron chi connectivity index (χ2n) is 8.10. The van der Waals surface area contributed by atoms with Crippen molar-refractivity contribution in [3.8, 4) is 17.0 Å². The number of nitrogens with zero attached hydrogens (tertiary/aromatic N) is 4. The van der Waals surface area contributed by atoms with Crippen LogP contribution in [0.4, 0.5) is 10.2 Å². The molecule has 6 heteroatoms. The summed E-state index contributed by atoms with van der Waals surface area (Å²) in [6, 6.07) is 17.0. The van der Waals surface area contributed by atoms with Gasteiger partial charge in [-0.3, -0.25) is 9.97 Å². The minimum atomic E-state index is -0.347. The second kappa shape index (κ2) is 7.95. The van der Waals surface area contributed by atoms with E-state index in [1.54, 1.807) is 12.4 Å². The third-order valence-electron chi connectivity index (χ3n) is 5.42. The lowest BCUT2D eigenvalue weighted by Gasteiger charge is -2.40. The molecule has 1 aliphatic rings. The van der Waals surface area contributed by atoms with Crippen LogP contribution in [0.3, 0.4) is 0 Å². The van der Waals surface area contributed by atoms with E-state index in [4.69, 9.17) is 9.72 Å². The molecule has 1 fully saturated rings. The maximum absolute atomic E-state index is 14.3. The molecule has 31 heavy (non-hydrogen) atoms. The Morgan fingerprint density at radius 2 is 1.81 bits per heavy atom. The molecule has 4 aromatic rings. The summed E-state index contributed by atoms with van der Waals surface area (Å²) in [4.78, 5) is 16.1. The van der Waals surface area contributed by atoms with Gasteiger partial charge in [-0.1, -0.05) is 18.2 Å². The molecule has 5 rings (SSSR count).